The summed E-state index contributed by atoms with van der Waals surface area (Å²) in [5.74, 6) is 1.32. The van der Waals surface area contributed by atoms with Crippen LogP contribution in [0, 0.1) is 0 Å². The maximum Gasteiger partial charge on any atom is 0.338 e. The predicted octanol–water partition coefficient (Wildman–Crippen LogP) is 2.99. The Hall–Kier alpha value is -4.11. The molecule has 0 saturated heterocycles. The zero-order valence-electron chi connectivity index (χ0n) is 20.4. The van der Waals surface area contributed by atoms with E-state index >= 15 is 0 Å². The van der Waals surface area contributed by atoms with Gasteiger partial charge in [0.15, 0.2) is 4.80 Å². The van der Waals surface area contributed by atoms with E-state index < -0.39 is 12.0 Å². The molecule has 1 atom stereocenters. The van der Waals surface area contributed by atoms with Crippen LogP contribution in [0.5, 0.6) is 17.2 Å². The van der Waals surface area contributed by atoms with Crippen LogP contribution in [-0.2, 0) is 9.53 Å². The summed E-state index contributed by atoms with van der Waals surface area (Å²) in [6.07, 6.45) is 3.25. The number of rotatable bonds is 8. The van der Waals surface area contributed by atoms with Gasteiger partial charge in [0, 0.05) is 11.6 Å². The predicted molar refractivity (Wildman–Crippen MR) is 137 cm³/mol. The number of methoxy groups -OCH3 is 3. The number of hydrogen-bond donors (Lipinski definition) is 0. The largest absolute Gasteiger partial charge is 0.497 e. The molecule has 0 N–H and O–H groups in total. The van der Waals surface area contributed by atoms with Crippen LogP contribution in [0.15, 0.2) is 76.2 Å². The first-order chi connectivity index (χ1) is 17.4. The van der Waals surface area contributed by atoms with Gasteiger partial charge < -0.3 is 18.9 Å². The number of allylic oxidation sites excluding steroid dienone is 1. The van der Waals surface area contributed by atoms with E-state index in [9.17, 15) is 9.59 Å². The zero-order chi connectivity index (χ0) is 25.8. The van der Waals surface area contributed by atoms with Gasteiger partial charge in [-0.3, -0.25) is 9.36 Å². The van der Waals surface area contributed by atoms with Crippen molar-refractivity contribution in [2.24, 2.45) is 4.99 Å². The molecule has 0 unspecified atom stereocenters. The van der Waals surface area contributed by atoms with Crippen LogP contribution < -0.4 is 29.1 Å². The molecule has 0 amide bonds. The van der Waals surface area contributed by atoms with Crippen molar-refractivity contribution in [1.29, 1.82) is 0 Å². The van der Waals surface area contributed by atoms with Crippen LogP contribution in [0.4, 0.5) is 0 Å². The highest BCUT2D eigenvalue weighted by molar-refractivity contribution is 7.07. The Bertz CT molecular complexity index is 1520. The average Bonchev–Trinajstić information content (AvgIpc) is 3.20. The Balaban J connectivity index is 1.92. The van der Waals surface area contributed by atoms with E-state index in [-0.39, 0.29) is 12.2 Å². The molecule has 0 fully saturated rings. The van der Waals surface area contributed by atoms with E-state index in [4.69, 9.17) is 18.9 Å². The number of hydrogen-bond acceptors (Lipinski definition) is 8. The van der Waals surface area contributed by atoms with Crippen molar-refractivity contribution in [2.75, 3.05) is 27.9 Å². The van der Waals surface area contributed by atoms with E-state index in [1.807, 2.05) is 18.2 Å². The Morgan fingerprint density at radius 3 is 2.42 bits per heavy atom. The monoisotopic (exact) mass is 506 g/mol. The second-order valence-electron chi connectivity index (χ2n) is 7.85. The molecule has 2 aromatic carbocycles. The summed E-state index contributed by atoms with van der Waals surface area (Å²) in [5.41, 5.74) is 1.94. The smallest absolute Gasteiger partial charge is 0.338 e. The number of carbonyl (C=O) groups is 1. The summed E-state index contributed by atoms with van der Waals surface area (Å²) in [6, 6.07) is 11.9. The molecule has 0 spiro atoms. The van der Waals surface area contributed by atoms with Gasteiger partial charge in [0.2, 0.25) is 0 Å². The molecule has 36 heavy (non-hydrogen) atoms. The van der Waals surface area contributed by atoms with Crippen molar-refractivity contribution >= 4 is 23.4 Å². The maximum atomic E-state index is 13.7. The summed E-state index contributed by atoms with van der Waals surface area (Å²) in [5, 5.41) is 0. The van der Waals surface area contributed by atoms with E-state index in [0.29, 0.717) is 43.4 Å². The van der Waals surface area contributed by atoms with Crippen molar-refractivity contribution in [2.45, 2.75) is 13.0 Å². The third-order valence-electron chi connectivity index (χ3n) is 5.73. The Morgan fingerprint density at radius 1 is 1.08 bits per heavy atom. The van der Waals surface area contributed by atoms with Gasteiger partial charge in [-0.1, -0.05) is 36.1 Å². The number of carbonyl (C=O) groups excluding carboxylic acids is 1. The average molecular weight is 507 g/mol. The Morgan fingerprint density at radius 2 is 1.78 bits per heavy atom. The van der Waals surface area contributed by atoms with Crippen LogP contribution in [0.2, 0.25) is 0 Å². The molecular weight excluding hydrogens is 480 g/mol. The van der Waals surface area contributed by atoms with Crippen LogP contribution in [0.3, 0.4) is 0 Å². The molecule has 186 valence electrons. The number of ether oxygens (including phenoxy) is 4. The topological polar surface area (TPSA) is 88.4 Å². The lowest BCUT2D eigenvalue weighted by molar-refractivity contribution is -0.138. The number of aromatic nitrogens is 1. The summed E-state index contributed by atoms with van der Waals surface area (Å²) in [6.45, 7) is 5.39. The molecule has 4 rings (SSSR count). The molecule has 1 aliphatic heterocycles. The number of nitrogens with zero attached hydrogens (tertiary/aromatic N) is 2. The van der Waals surface area contributed by atoms with Crippen molar-refractivity contribution in [1.82, 2.24) is 4.57 Å². The molecule has 0 radical (unpaired) electrons. The number of benzene rings is 2. The SMILES string of the molecule is C=CCOC(=O)C1=C(C)N=c2s/c(=C/c3ccc(OC)cc3OC)c(=O)n2[C@@H]1c1ccc(OC)cc1. The molecule has 0 bridgehead atoms. The molecule has 0 aliphatic carbocycles. The van der Waals surface area contributed by atoms with Crippen LogP contribution in [-0.4, -0.2) is 38.5 Å². The minimum absolute atomic E-state index is 0.0482. The quantitative estimate of drug-likeness (QED) is 0.345. The molecule has 1 aliphatic rings. The third-order valence-corrected chi connectivity index (χ3v) is 6.72. The van der Waals surface area contributed by atoms with Crippen LogP contribution >= 0.6 is 11.3 Å². The fourth-order valence-corrected chi connectivity index (χ4v) is 5.01. The highest BCUT2D eigenvalue weighted by Gasteiger charge is 2.33. The Labute approximate surface area is 212 Å². The van der Waals surface area contributed by atoms with E-state index in [2.05, 4.69) is 11.6 Å². The second kappa shape index (κ2) is 10.7. The first-order valence-corrected chi connectivity index (χ1v) is 11.9. The van der Waals surface area contributed by atoms with Gasteiger partial charge in [-0.2, -0.15) is 0 Å². The van der Waals surface area contributed by atoms with E-state index in [1.54, 1.807) is 58.6 Å². The number of fused-ring (bicyclic) bond motifs is 1. The van der Waals surface area contributed by atoms with Gasteiger partial charge in [0.05, 0.1) is 43.2 Å². The van der Waals surface area contributed by atoms with Crippen LogP contribution in [0.1, 0.15) is 24.1 Å². The molecule has 9 heteroatoms. The lowest BCUT2D eigenvalue weighted by atomic mass is 9.96. The third kappa shape index (κ3) is 4.70. The molecule has 2 heterocycles. The molecule has 1 aromatic heterocycles. The van der Waals surface area contributed by atoms with Gasteiger partial charge in [-0.25, -0.2) is 9.79 Å². The summed E-state index contributed by atoms with van der Waals surface area (Å²) >= 11 is 1.24. The molecule has 8 nitrogen and oxygen atoms in total. The first kappa shape index (κ1) is 25.0. The fraction of sp³-hybridized carbons (Fsp3) is 0.222. The minimum atomic E-state index is -0.718. The van der Waals surface area contributed by atoms with E-state index in [0.717, 1.165) is 5.56 Å². The fourth-order valence-electron chi connectivity index (χ4n) is 3.98. The highest BCUT2D eigenvalue weighted by atomic mass is 32.1. The molecule has 3 aromatic rings. The van der Waals surface area contributed by atoms with Gasteiger partial charge in [-0.15, -0.1) is 0 Å². The second-order valence-corrected chi connectivity index (χ2v) is 8.86. The van der Waals surface area contributed by atoms with Crippen molar-refractivity contribution in [3.05, 3.63) is 97.2 Å². The number of thiazole rings is 1. The lowest BCUT2D eigenvalue weighted by Crippen LogP contribution is -2.39. The summed E-state index contributed by atoms with van der Waals surface area (Å²) in [7, 11) is 4.71. The lowest BCUT2D eigenvalue weighted by Gasteiger charge is -2.24. The minimum Gasteiger partial charge on any atom is -0.497 e. The Kier molecular flexibility index (Phi) is 7.40. The highest BCUT2D eigenvalue weighted by Crippen LogP contribution is 2.32. The van der Waals surface area contributed by atoms with Crippen molar-refractivity contribution in [3.8, 4) is 17.2 Å². The van der Waals surface area contributed by atoms with Crippen LogP contribution in [0.25, 0.3) is 6.08 Å². The van der Waals surface area contributed by atoms with Crippen molar-refractivity contribution < 1.29 is 23.7 Å². The molecule has 0 saturated carbocycles. The van der Waals surface area contributed by atoms with Gasteiger partial charge in [-0.05, 0) is 42.8 Å². The zero-order valence-corrected chi connectivity index (χ0v) is 21.3. The molecular formula is C27H26N2O6S. The standard InChI is InChI=1S/C27H26N2O6S/c1-6-13-35-26(31)23-16(2)28-27-29(24(23)17-7-10-19(32-3)11-8-17)25(30)22(36-27)14-18-9-12-20(33-4)15-21(18)34-5/h6-12,14-15,24H,1,13H2,2-5H3/b22-14+/t24-/m1/s1. The summed E-state index contributed by atoms with van der Waals surface area (Å²) < 4.78 is 23.4. The van der Waals surface area contributed by atoms with Crippen molar-refractivity contribution in [3.63, 3.8) is 0 Å². The van der Waals surface area contributed by atoms with Gasteiger partial charge in [0.25, 0.3) is 5.56 Å². The number of esters is 1. The van der Waals surface area contributed by atoms with Gasteiger partial charge >= 0.3 is 5.97 Å². The normalized spacial score (nSPS) is 15.1. The first-order valence-electron chi connectivity index (χ1n) is 11.1. The van der Waals surface area contributed by atoms with Gasteiger partial charge in [0.1, 0.15) is 23.9 Å². The van der Waals surface area contributed by atoms with E-state index in [1.165, 1.54) is 22.0 Å². The maximum absolute atomic E-state index is 13.7. The summed E-state index contributed by atoms with van der Waals surface area (Å²) in [4.78, 5) is 31.9.